The SMILES string of the molecule is CCCOc1ccc2ccccc2c1CN1C[C@H]2CCCN2C(=O)[C@@H]1C. The molecule has 2 aliphatic rings. The van der Waals surface area contributed by atoms with E-state index in [4.69, 9.17) is 4.74 Å². The predicted octanol–water partition coefficient (Wildman–Crippen LogP) is 3.82. The van der Waals surface area contributed by atoms with Gasteiger partial charge in [0.15, 0.2) is 0 Å². The van der Waals surface area contributed by atoms with Gasteiger partial charge in [-0.3, -0.25) is 9.69 Å². The van der Waals surface area contributed by atoms with E-state index in [9.17, 15) is 4.79 Å². The zero-order chi connectivity index (χ0) is 18.1. The highest BCUT2D eigenvalue weighted by Crippen LogP contribution is 2.33. The maximum Gasteiger partial charge on any atom is 0.239 e. The Morgan fingerprint density at radius 3 is 2.88 bits per heavy atom. The lowest BCUT2D eigenvalue weighted by Gasteiger charge is -2.41. The molecule has 4 nitrogen and oxygen atoms in total. The summed E-state index contributed by atoms with van der Waals surface area (Å²) in [5.74, 6) is 1.24. The molecule has 2 atom stereocenters. The van der Waals surface area contributed by atoms with E-state index in [2.05, 4.69) is 60.0 Å². The molecule has 4 rings (SSSR count). The Hall–Kier alpha value is -2.07. The number of hydrogen-bond donors (Lipinski definition) is 0. The van der Waals surface area contributed by atoms with Crippen molar-refractivity contribution in [2.45, 2.75) is 51.7 Å². The third-order valence-corrected chi connectivity index (χ3v) is 5.83. The molecule has 2 fully saturated rings. The third-order valence-electron chi connectivity index (χ3n) is 5.83. The number of amides is 1. The van der Waals surface area contributed by atoms with Crippen LogP contribution in [0.1, 0.15) is 38.7 Å². The fourth-order valence-electron chi connectivity index (χ4n) is 4.37. The second-order valence-electron chi connectivity index (χ2n) is 7.54. The zero-order valence-electron chi connectivity index (χ0n) is 15.8. The van der Waals surface area contributed by atoms with Crippen molar-refractivity contribution in [3.63, 3.8) is 0 Å². The Morgan fingerprint density at radius 1 is 1.19 bits per heavy atom. The number of fused-ring (bicyclic) bond motifs is 2. The van der Waals surface area contributed by atoms with Gasteiger partial charge >= 0.3 is 0 Å². The summed E-state index contributed by atoms with van der Waals surface area (Å²) < 4.78 is 6.06. The molecule has 0 aromatic heterocycles. The molecule has 0 bridgehead atoms. The van der Waals surface area contributed by atoms with Gasteiger partial charge in [-0.1, -0.05) is 37.3 Å². The number of piperazine rings is 1. The number of nitrogens with zero attached hydrogens (tertiary/aromatic N) is 2. The minimum absolute atomic E-state index is 0.0673. The highest BCUT2D eigenvalue weighted by atomic mass is 16.5. The Bertz CT molecular complexity index is 804. The number of ether oxygens (including phenoxy) is 1. The molecule has 26 heavy (non-hydrogen) atoms. The second-order valence-corrected chi connectivity index (χ2v) is 7.54. The van der Waals surface area contributed by atoms with Gasteiger partial charge in [0.2, 0.25) is 5.91 Å². The van der Waals surface area contributed by atoms with Gasteiger partial charge in [-0.05, 0) is 43.0 Å². The van der Waals surface area contributed by atoms with Gasteiger partial charge in [0, 0.05) is 31.2 Å². The first-order chi connectivity index (χ1) is 12.7. The molecule has 1 amide bonds. The first-order valence-electron chi connectivity index (χ1n) is 9.87. The van der Waals surface area contributed by atoms with E-state index < -0.39 is 0 Å². The van der Waals surface area contributed by atoms with Crippen molar-refractivity contribution in [2.24, 2.45) is 0 Å². The van der Waals surface area contributed by atoms with Gasteiger partial charge < -0.3 is 9.64 Å². The summed E-state index contributed by atoms with van der Waals surface area (Å²) in [4.78, 5) is 17.2. The van der Waals surface area contributed by atoms with Gasteiger partial charge in [-0.2, -0.15) is 0 Å². The molecule has 138 valence electrons. The van der Waals surface area contributed by atoms with Crippen LogP contribution in [0.3, 0.4) is 0 Å². The number of carbonyl (C=O) groups is 1. The maximum atomic E-state index is 12.8. The minimum Gasteiger partial charge on any atom is -0.493 e. The highest BCUT2D eigenvalue weighted by Gasteiger charge is 2.40. The average Bonchev–Trinajstić information content (AvgIpc) is 3.13. The fraction of sp³-hybridized carbons (Fsp3) is 0.500. The van der Waals surface area contributed by atoms with Crippen molar-refractivity contribution in [3.05, 3.63) is 42.0 Å². The minimum atomic E-state index is -0.0673. The van der Waals surface area contributed by atoms with Crippen LogP contribution in [-0.4, -0.2) is 47.5 Å². The lowest BCUT2D eigenvalue weighted by molar-refractivity contribution is -0.143. The topological polar surface area (TPSA) is 32.8 Å². The highest BCUT2D eigenvalue weighted by molar-refractivity contribution is 5.88. The average molecular weight is 352 g/mol. The molecule has 2 saturated heterocycles. The number of hydrogen-bond acceptors (Lipinski definition) is 3. The van der Waals surface area contributed by atoms with Crippen LogP contribution < -0.4 is 4.74 Å². The molecule has 0 radical (unpaired) electrons. The largest absolute Gasteiger partial charge is 0.493 e. The summed E-state index contributed by atoms with van der Waals surface area (Å²) in [7, 11) is 0. The summed E-state index contributed by atoms with van der Waals surface area (Å²) in [5.41, 5.74) is 1.21. The molecule has 0 unspecified atom stereocenters. The molecular formula is C22H28N2O2. The van der Waals surface area contributed by atoms with Crippen LogP contribution in [0.5, 0.6) is 5.75 Å². The summed E-state index contributed by atoms with van der Waals surface area (Å²) >= 11 is 0. The first kappa shape index (κ1) is 17.3. The van der Waals surface area contributed by atoms with Gasteiger partial charge in [0.05, 0.1) is 12.6 Å². The standard InChI is InChI=1S/C22H28N2O2/c1-3-13-26-21-11-10-17-7-4-5-9-19(17)20(21)15-23-14-18-8-6-12-24(18)22(25)16(23)2/h4-5,7,9-11,16,18H,3,6,8,12-15H2,1-2H3/t16-,18+/m0/s1. The van der Waals surface area contributed by atoms with Crippen LogP contribution in [0.15, 0.2) is 36.4 Å². The normalized spacial score (nSPS) is 23.5. The molecule has 2 aromatic rings. The number of carbonyl (C=O) groups excluding carboxylic acids is 1. The van der Waals surface area contributed by atoms with E-state index in [1.807, 2.05) is 0 Å². The van der Waals surface area contributed by atoms with Gasteiger partial charge in [0.25, 0.3) is 0 Å². The second kappa shape index (κ2) is 7.28. The van der Waals surface area contributed by atoms with Crippen molar-refractivity contribution in [1.29, 1.82) is 0 Å². The quantitative estimate of drug-likeness (QED) is 0.820. The Kier molecular flexibility index (Phi) is 4.86. The van der Waals surface area contributed by atoms with E-state index in [0.29, 0.717) is 6.04 Å². The maximum absolute atomic E-state index is 12.8. The van der Waals surface area contributed by atoms with Crippen LogP contribution in [-0.2, 0) is 11.3 Å². The molecule has 0 aliphatic carbocycles. The Morgan fingerprint density at radius 2 is 2.04 bits per heavy atom. The summed E-state index contributed by atoms with van der Waals surface area (Å²) in [6.07, 6.45) is 3.25. The predicted molar refractivity (Wildman–Crippen MR) is 104 cm³/mol. The van der Waals surface area contributed by atoms with Crippen LogP contribution in [0.2, 0.25) is 0 Å². The van der Waals surface area contributed by atoms with Crippen molar-refractivity contribution < 1.29 is 9.53 Å². The summed E-state index contributed by atoms with van der Waals surface area (Å²) in [6.45, 7) is 7.55. The monoisotopic (exact) mass is 352 g/mol. The number of rotatable bonds is 5. The third kappa shape index (κ3) is 3.07. The summed E-state index contributed by atoms with van der Waals surface area (Å²) in [6, 6.07) is 13.0. The van der Waals surface area contributed by atoms with E-state index in [0.717, 1.165) is 51.3 Å². The molecule has 2 aliphatic heterocycles. The molecule has 0 saturated carbocycles. The molecule has 4 heteroatoms. The van der Waals surface area contributed by atoms with Crippen molar-refractivity contribution in [1.82, 2.24) is 9.80 Å². The smallest absolute Gasteiger partial charge is 0.239 e. The van der Waals surface area contributed by atoms with Crippen LogP contribution in [0.25, 0.3) is 10.8 Å². The van der Waals surface area contributed by atoms with Crippen LogP contribution >= 0.6 is 0 Å². The van der Waals surface area contributed by atoms with Crippen molar-refractivity contribution in [3.8, 4) is 5.75 Å². The van der Waals surface area contributed by atoms with Gasteiger partial charge in [-0.15, -0.1) is 0 Å². The van der Waals surface area contributed by atoms with Gasteiger partial charge in [-0.25, -0.2) is 0 Å². The molecule has 2 aromatic carbocycles. The van der Waals surface area contributed by atoms with E-state index in [1.165, 1.54) is 16.3 Å². The molecule has 2 heterocycles. The molecule has 0 N–H and O–H groups in total. The summed E-state index contributed by atoms with van der Waals surface area (Å²) in [5, 5.41) is 2.46. The van der Waals surface area contributed by atoms with E-state index in [-0.39, 0.29) is 11.9 Å². The zero-order valence-corrected chi connectivity index (χ0v) is 15.8. The van der Waals surface area contributed by atoms with Crippen LogP contribution in [0, 0.1) is 0 Å². The Labute approximate surface area is 155 Å². The van der Waals surface area contributed by atoms with Crippen molar-refractivity contribution in [2.75, 3.05) is 19.7 Å². The fourth-order valence-corrected chi connectivity index (χ4v) is 4.37. The van der Waals surface area contributed by atoms with Crippen molar-refractivity contribution >= 4 is 16.7 Å². The molecular weight excluding hydrogens is 324 g/mol. The molecule has 0 spiro atoms. The Balaban J connectivity index is 1.67. The lowest BCUT2D eigenvalue weighted by Crippen LogP contribution is -2.58. The van der Waals surface area contributed by atoms with E-state index in [1.54, 1.807) is 0 Å². The first-order valence-corrected chi connectivity index (χ1v) is 9.87. The van der Waals surface area contributed by atoms with E-state index >= 15 is 0 Å². The van der Waals surface area contributed by atoms with Crippen LogP contribution in [0.4, 0.5) is 0 Å². The van der Waals surface area contributed by atoms with Gasteiger partial charge in [0.1, 0.15) is 5.75 Å². The number of benzene rings is 2. The lowest BCUT2D eigenvalue weighted by atomic mass is 10.0.